The van der Waals surface area contributed by atoms with E-state index in [1.54, 1.807) is 66.5 Å². The Morgan fingerprint density at radius 3 is 2.58 bits per heavy atom. The average Bonchev–Trinajstić information content (AvgIpc) is 3.28. The summed E-state index contributed by atoms with van der Waals surface area (Å²) < 4.78 is 6.61. The van der Waals surface area contributed by atoms with E-state index < -0.39 is 6.04 Å². The Labute approximate surface area is 138 Å². The number of carbonyl (C=O) groups excluding carboxylic acids is 2. The van der Waals surface area contributed by atoms with Gasteiger partial charge in [-0.25, -0.2) is 0 Å². The lowest BCUT2D eigenvalue weighted by atomic mass is 10.2. The van der Waals surface area contributed by atoms with Crippen LogP contribution in [0.3, 0.4) is 0 Å². The van der Waals surface area contributed by atoms with Gasteiger partial charge in [-0.15, -0.1) is 0 Å². The summed E-state index contributed by atoms with van der Waals surface area (Å²) in [5, 5.41) is 9.57. The molecule has 24 heavy (non-hydrogen) atoms. The van der Waals surface area contributed by atoms with Crippen LogP contribution < -0.4 is 10.6 Å². The average molecular weight is 324 g/mol. The summed E-state index contributed by atoms with van der Waals surface area (Å²) >= 11 is 0. The predicted octanol–water partition coefficient (Wildman–Crippen LogP) is 2.93. The van der Waals surface area contributed by atoms with Gasteiger partial charge in [0.2, 0.25) is 5.91 Å². The van der Waals surface area contributed by atoms with Crippen LogP contribution in [0.25, 0.3) is 0 Å². The van der Waals surface area contributed by atoms with Crippen molar-refractivity contribution in [1.82, 2.24) is 9.78 Å². The molecule has 0 spiro atoms. The maximum Gasteiger partial charge on any atom is 0.291 e. The molecule has 0 radical (unpaired) electrons. The van der Waals surface area contributed by atoms with Gasteiger partial charge in [-0.3, -0.25) is 14.3 Å². The molecule has 7 heteroatoms. The van der Waals surface area contributed by atoms with Gasteiger partial charge in [-0.05, 0) is 43.3 Å². The Hall–Kier alpha value is -3.35. The molecule has 0 aliphatic carbocycles. The molecule has 0 unspecified atom stereocenters. The zero-order valence-corrected chi connectivity index (χ0v) is 13.0. The van der Waals surface area contributed by atoms with Gasteiger partial charge in [0, 0.05) is 23.8 Å². The van der Waals surface area contributed by atoms with Crippen molar-refractivity contribution in [3.8, 4) is 0 Å². The molecule has 2 amide bonds. The minimum absolute atomic E-state index is 0.201. The highest BCUT2D eigenvalue weighted by molar-refractivity contribution is 6.02. The molecule has 0 saturated heterocycles. The quantitative estimate of drug-likeness (QED) is 0.755. The first-order chi connectivity index (χ1) is 11.6. The van der Waals surface area contributed by atoms with Gasteiger partial charge in [0.05, 0.1) is 6.26 Å². The Bertz CT molecular complexity index is 825. The molecular weight excluding hydrogens is 308 g/mol. The first-order valence-corrected chi connectivity index (χ1v) is 7.38. The van der Waals surface area contributed by atoms with E-state index in [4.69, 9.17) is 4.42 Å². The molecule has 2 aromatic heterocycles. The lowest BCUT2D eigenvalue weighted by molar-refractivity contribution is -0.119. The van der Waals surface area contributed by atoms with Gasteiger partial charge in [0.1, 0.15) is 6.04 Å². The molecule has 0 fully saturated rings. The van der Waals surface area contributed by atoms with E-state index in [2.05, 4.69) is 15.7 Å². The van der Waals surface area contributed by atoms with Crippen LogP contribution in [0.15, 0.2) is 65.5 Å². The minimum Gasteiger partial charge on any atom is -0.459 e. The third kappa shape index (κ3) is 3.52. The molecule has 0 aliphatic rings. The van der Waals surface area contributed by atoms with Crippen LogP contribution in [0.2, 0.25) is 0 Å². The number of hydrogen-bond acceptors (Lipinski definition) is 4. The standard InChI is InChI=1S/C17H16N4O3/c1-12(21-9-4-8-18-21)16(22)19-13-5-2-6-14(11-13)20-17(23)15-7-3-10-24-15/h2-12H,1H3,(H,19,22)(H,20,23)/t12-/m1/s1. The Kier molecular flexibility index (Phi) is 4.42. The summed E-state index contributed by atoms with van der Waals surface area (Å²) in [7, 11) is 0. The lowest BCUT2D eigenvalue weighted by Gasteiger charge is -2.13. The topological polar surface area (TPSA) is 89.2 Å². The summed E-state index contributed by atoms with van der Waals surface area (Å²) in [5.41, 5.74) is 1.14. The van der Waals surface area contributed by atoms with Gasteiger partial charge in [-0.1, -0.05) is 6.07 Å². The highest BCUT2D eigenvalue weighted by Crippen LogP contribution is 2.18. The van der Waals surface area contributed by atoms with E-state index in [1.165, 1.54) is 6.26 Å². The zero-order valence-electron chi connectivity index (χ0n) is 13.0. The Morgan fingerprint density at radius 1 is 1.12 bits per heavy atom. The number of anilines is 2. The number of nitrogens with zero attached hydrogens (tertiary/aromatic N) is 2. The van der Waals surface area contributed by atoms with Crippen LogP contribution in [-0.2, 0) is 4.79 Å². The highest BCUT2D eigenvalue weighted by atomic mass is 16.3. The maximum atomic E-state index is 12.3. The second kappa shape index (κ2) is 6.82. The number of furan rings is 1. The summed E-state index contributed by atoms with van der Waals surface area (Å²) in [5.74, 6) is -0.335. The van der Waals surface area contributed by atoms with Crippen LogP contribution in [-0.4, -0.2) is 21.6 Å². The van der Waals surface area contributed by atoms with Gasteiger partial charge in [0.25, 0.3) is 5.91 Å². The zero-order chi connectivity index (χ0) is 16.9. The van der Waals surface area contributed by atoms with E-state index in [0.29, 0.717) is 11.4 Å². The molecule has 2 heterocycles. The van der Waals surface area contributed by atoms with Crippen LogP contribution in [0.1, 0.15) is 23.5 Å². The third-order valence-electron chi connectivity index (χ3n) is 3.43. The number of aromatic nitrogens is 2. The number of rotatable bonds is 5. The largest absolute Gasteiger partial charge is 0.459 e. The first kappa shape index (κ1) is 15.5. The summed E-state index contributed by atoms with van der Waals surface area (Å²) in [4.78, 5) is 24.2. The van der Waals surface area contributed by atoms with Crippen molar-refractivity contribution >= 4 is 23.2 Å². The van der Waals surface area contributed by atoms with Gasteiger partial charge < -0.3 is 15.1 Å². The van der Waals surface area contributed by atoms with E-state index in [9.17, 15) is 9.59 Å². The molecule has 3 rings (SSSR count). The molecule has 122 valence electrons. The van der Waals surface area contributed by atoms with Crippen LogP contribution in [0, 0.1) is 0 Å². The van der Waals surface area contributed by atoms with E-state index in [1.807, 2.05) is 0 Å². The number of benzene rings is 1. The van der Waals surface area contributed by atoms with Crippen molar-refractivity contribution in [3.05, 3.63) is 66.9 Å². The molecule has 7 nitrogen and oxygen atoms in total. The van der Waals surface area contributed by atoms with Crippen molar-refractivity contribution < 1.29 is 14.0 Å². The normalized spacial score (nSPS) is 11.7. The molecule has 1 atom stereocenters. The summed E-state index contributed by atoms with van der Waals surface area (Å²) in [6, 6.07) is 11.4. The molecular formula is C17H16N4O3. The monoisotopic (exact) mass is 324 g/mol. The van der Waals surface area contributed by atoms with E-state index in [0.717, 1.165) is 0 Å². The Balaban J connectivity index is 1.67. The lowest BCUT2D eigenvalue weighted by Crippen LogP contribution is -2.24. The fourth-order valence-corrected chi connectivity index (χ4v) is 2.15. The molecule has 0 saturated carbocycles. The highest BCUT2D eigenvalue weighted by Gasteiger charge is 2.15. The van der Waals surface area contributed by atoms with E-state index >= 15 is 0 Å². The van der Waals surface area contributed by atoms with Gasteiger partial charge in [0.15, 0.2) is 5.76 Å². The molecule has 3 aromatic rings. The second-order valence-electron chi connectivity index (χ2n) is 5.16. The maximum absolute atomic E-state index is 12.3. The van der Waals surface area contributed by atoms with Crippen molar-refractivity contribution in [2.24, 2.45) is 0 Å². The van der Waals surface area contributed by atoms with Crippen LogP contribution >= 0.6 is 0 Å². The van der Waals surface area contributed by atoms with Crippen molar-refractivity contribution in [1.29, 1.82) is 0 Å². The Morgan fingerprint density at radius 2 is 1.92 bits per heavy atom. The first-order valence-electron chi connectivity index (χ1n) is 7.38. The van der Waals surface area contributed by atoms with Gasteiger partial charge in [-0.2, -0.15) is 5.10 Å². The molecule has 2 N–H and O–H groups in total. The number of nitrogens with one attached hydrogen (secondary N) is 2. The van der Waals surface area contributed by atoms with E-state index in [-0.39, 0.29) is 17.6 Å². The molecule has 0 bridgehead atoms. The van der Waals surface area contributed by atoms with Crippen molar-refractivity contribution in [2.75, 3.05) is 10.6 Å². The predicted molar refractivity (Wildman–Crippen MR) is 88.7 cm³/mol. The van der Waals surface area contributed by atoms with Crippen molar-refractivity contribution in [2.45, 2.75) is 13.0 Å². The summed E-state index contributed by atoms with van der Waals surface area (Å²) in [6.45, 7) is 1.75. The van der Waals surface area contributed by atoms with Gasteiger partial charge >= 0.3 is 0 Å². The molecule has 0 aliphatic heterocycles. The minimum atomic E-state index is -0.443. The fourth-order valence-electron chi connectivity index (χ4n) is 2.15. The van der Waals surface area contributed by atoms with Crippen LogP contribution in [0.5, 0.6) is 0 Å². The fraction of sp³-hybridized carbons (Fsp3) is 0.118. The third-order valence-corrected chi connectivity index (χ3v) is 3.43. The number of hydrogen-bond donors (Lipinski definition) is 2. The second-order valence-corrected chi connectivity index (χ2v) is 5.16. The molecule has 1 aromatic carbocycles. The SMILES string of the molecule is C[C@H](C(=O)Nc1cccc(NC(=O)c2ccco2)c1)n1cccn1. The van der Waals surface area contributed by atoms with Crippen molar-refractivity contribution in [3.63, 3.8) is 0 Å². The number of carbonyl (C=O) groups is 2. The van der Waals surface area contributed by atoms with Crippen LogP contribution in [0.4, 0.5) is 11.4 Å². The summed E-state index contributed by atoms with van der Waals surface area (Å²) in [6.07, 6.45) is 4.78. The smallest absolute Gasteiger partial charge is 0.291 e. The number of amides is 2.